The molecule has 106 valence electrons. The summed E-state index contributed by atoms with van der Waals surface area (Å²) in [4.78, 5) is 0.277. The zero-order valence-electron chi connectivity index (χ0n) is 11.3. The molecule has 0 unspecified atom stereocenters. The van der Waals surface area contributed by atoms with Crippen molar-refractivity contribution in [2.45, 2.75) is 4.90 Å². The summed E-state index contributed by atoms with van der Waals surface area (Å²) in [5, 5.41) is 9.82. The topological polar surface area (TPSA) is 85.9 Å². The maximum absolute atomic E-state index is 11.5. The fourth-order valence-corrected chi connectivity index (χ4v) is 2.83. The summed E-state index contributed by atoms with van der Waals surface area (Å²) >= 11 is 0. The number of fused-ring (bicyclic) bond motifs is 1. The Bertz CT molecular complexity index is 919. The first kappa shape index (κ1) is 13.5. The van der Waals surface area contributed by atoms with Crippen LogP contribution in [0.1, 0.15) is 0 Å². The van der Waals surface area contributed by atoms with Crippen LogP contribution in [-0.2, 0) is 9.84 Å². The molecular formula is C15H13N3O2S. The molecular weight excluding hydrogens is 286 g/mol. The molecule has 1 aromatic heterocycles. The highest BCUT2D eigenvalue weighted by molar-refractivity contribution is 7.90. The molecule has 0 fully saturated rings. The van der Waals surface area contributed by atoms with Gasteiger partial charge in [-0.15, -0.1) is 10.2 Å². The van der Waals surface area contributed by atoms with Gasteiger partial charge in [0.05, 0.1) is 4.90 Å². The first-order chi connectivity index (χ1) is 9.97. The van der Waals surface area contributed by atoms with E-state index in [1.165, 1.54) is 6.26 Å². The molecule has 0 aliphatic rings. The lowest BCUT2D eigenvalue weighted by Crippen LogP contribution is -1.99. The Morgan fingerprint density at radius 3 is 2.14 bits per heavy atom. The predicted molar refractivity (Wildman–Crippen MR) is 82.5 cm³/mol. The Hall–Kier alpha value is -2.47. The van der Waals surface area contributed by atoms with Gasteiger partial charge in [-0.1, -0.05) is 36.4 Å². The summed E-state index contributed by atoms with van der Waals surface area (Å²) in [6.07, 6.45) is 1.18. The van der Waals surface area contributed by atoms with Gasteiger partial charge in [0.15, 0.2) is 15.7 Å². The molecule has 3 rings (SSSR count). The second-order valence-electron chi connectivity index (χ2n) is 4.78. The Labute approximate surface area is 122 Å². The van der Waals surface area contributed by atoms with Crippen LogP contribution in [-0.4, -0.2) is 24.9 Å². The Balaban J connectivity index is 2.20. The van der Waals surface area contributed by atoms with Gasteiger partial charge in [0.2, 0.25) is 0 Å². The van der Waals surface area contributed by atoms with E-state index in [4.69, 9.17) is 5.73 Å². The van der Waals surface area contributed by atoms with E-state index in [1.807, 2.05) is 24.3 Å². The summed E-state index contributed by atoms with van der Waals surface area (Å²) < 4.78 is 23.0. The van der Waals surface area contributed by atoms with E-state index in [1.54, 1.807) is 24.3 Å². The highest BCUT2D eigenvalue weighted by Gasteiger charge is 2.11. The minimum atomic E-state index is -3.21. The largest absolute Gasteiger partial charge is 0.382 e. The Kier molecular flexibility index (Phi) is 3.10. The van der Waals surface area contributed by atoms with Crippen molar-refractivity contribution in [2.75, 3.05) is 12.0 Å². The zero-order valence-corrected chi connectivity index (χ0v) is 12.1. The van der Waals surface area contributed by atoms with Crippen LogP contribution in [0.15, 0.2) is 53.4 Å². The van der Waals surface area contributed by atoms with Gasteiger partial charge in [0.25, 0.3) is 0 Å². The van der Waals surface area contributed by atoms with Crippen LogP contribution in [0.2, 0.25) is 0 Å². The number of nitrogens with zero attached hydrogens (tertiary/aromatic N) is 2. The van der Waals surface area contributed by atoms with Crippen LogP contribution in [0.25, 0.3) is 22.0 Å². The van der Waals surface area contributed by atoms with Crippen molar-refractivity contribution < 1.29 is 8.42 Å². The quantitative estimate of drug-likeness (QED) is 0.784. The molecule has 0 radical (unpaired) electrons. The van der Waals surface area contributed by atoms with Crippen LogP contribution in [0.3, 0.4) is 0 Å². The Morgan fingerprint density at radius 2 is 1.52 bits per heavy atom. The second-order valence-corrected chi connectivity index (χ2v) is 6.79. The van der Waals surface area contributed by atoms with Gasteiger partial charge >= 0.3 is 0 Å². The molecule has 1 heterocycles. The number of anilines is 1. The van der Waals surface area contributed by atoms with Crippen molar-refractivity contribution in [1.29, 1.82) is 0 Å². The molecule has 0 atom stereocenters. The smallest absolute Gasteiger partial charge is 0.175 e. The van der Waals surface area contributed by atoms with E-state index in [9.17, 15) is 8.42 Å². The summed E-state index contributed by atoms with van der Waals surface area (Å²) in [5.74, 6) is 0.377. The lowest BCUT2D eigenvalue weighted by molar-refractivity contribution is 0.602. The molecule has 0 aliphatic carbocycles. The average molecular weight is 299 g/mol. The molecule has 0 saturated carbocycles. The molecule has 3 aromatic rings. The van der Waals surface area contributed by atoms with Crippen molar-refractivity contribution in [2.24, 2.45) is 0 Å². The van der Waals surface area contributed by atoms with Gasteiger partial charge in [-0.05, 0) is 12.1 Å². The third-order valence-corrected chi connectivity index (χ3v) is 4.40. The molecule has 2 aromatic carbocycles. The van der Waals surface area contributed by atoms with E-state index in [2.05, 4.69) is 10.2 Å². The highest BCUT2D eigenvalue weighted by Crippen LogP contribution is 2.28. The monoisotopic (exact) mass is 299 g/mol. The minimum absolute atomic E-state index is 0.277. The zero-order chi connectivity index (χ0) is 15.0. The lowest BCUT2D eigenvalue weighted by Gasteiger charge is -2.07. The average Bonchev–Trinajstić information content (AvgIpc) is 2.47. The minimum Gasteiger partial charge on any atom is -0.382 e. The molecule has 0 saturated heterocycles. The van der Waals surface area contributed by atoms with Crippen LogP contribution in [0.4, 0.5) is 5.82 Å². The fraction of sp³-hybridized carbons (Fsp3) is 0.0667. The van der Waals surface area contributed by atoms with E-state index in [0.717, 1.165) is 16.3 Å². The molecule has 5 nitrogen and oxygen atoms in total. The first-order valence-electron chi connectivity index (χ1n) is 6.28. The van der Waals surface area contributed by atoms with Crippen molar-refractivity contribution in [1.82, 2.24) is 10.2 Å². The summed E-state index contributed by atoms with van der Waals surface area (Å²) in [5.41, 5.74) is 7.31. The molecule has 21 heavy (non-hydrogen) atoms. The van der Waals surface area contributed by atoms with E-state index in [0.29, 0.717) is 11.5 Å². The van der Waals surface area contributed by atoms with Gasteiger partial charge in [0.1, 0.15) is 5.69 Å². The normalized spacial score (nSPS) is 11.7. The van der Waals surface area contributed by atoms with Crippen LogP contribution in [0.5, 0.6) is 0 Å². The predicted octanol–water partition coefficient (Wildman–Crippen LogP) is 2.28. The lowest BCUT2D eigenvalue weighted by atomic mass is 10.0. The number of aromatic nitrogens is 2. The molecule has 0 aliphatic heterocycles. The number of hydrogen-bond donors (Lipinski definition) is 1. The molecule has 0 bridgehead atoms. The maximum atomic E-state index is 11.5. The molecule has 2 N–H and O–H groups in total. The van der Waals surface area contributed by atoms with Gasteiger partial charge in [-0.25, -0.2) is 8.42 Å². The third-order valence-electron chi connectivity index (χ3n) is 3.27. The van der Waals surface area contributed by atoms with Crippen molar-refractivity contribution in [3.05, 3.63) is 48.5 Å². The standard InChI is InChI=1S/C15H13N3O2S/c1-21(19,20)11-8-6-10(7-9-11)14-12-4-2-3-5-13(12)15(16)18-17-14/h2-9H,1H3,(H2,16,18). The first-order valence-corrected chi connectivity index (χ1v) is 8.17. The van der Waals surface area contributed by atoms with Crippen LogP contribution < -0.4 is 5.73 Å². The highest BCUT2D eigenvalue weighted by atomic mass is 32.2. The van der Waals surface area contributed by atoms with Crippen molar-refractivity contribution in [3.63, 3.8) is 0 Å². The number of nitrogens with two attached hydrogens (primary N) is 1. The van der Waals surface area contributed by atoms with Gasteiger partial charge in [-0.3, -0.25) is 0 Å². The number of nitrogen functional groups attached to an aromatic ring is 1. The van der Waals surface area contributed by atoms with Crippen LogP contribution in [0, 0.1) is 0 Å². The Morgan fingerprint density at radius 1 is 0.905 bits per heavy atom. The fourth-order valence-electron chi connectivity index (χ4n) is 2.20. The van der Waals surface area contributed by atoms with Gasteiger partial charge < -0.3 is 5.73 Å². The second kappa shape index (κ2) is 4.82. The van der Waals surface area contributed by atoms with E-state index >= 15 is 0 Å². The number of benzene rings is 2. The molecule has 0 spiro atoms. The third kappa shape index (κ3) is 2.45. The van der Waals surface area contributed by atoms with Crippen LogP contribution >= 0.6 is 0 Å². The van der Waals surface area contributed by atoms with E-state index < -0.39 is 9.84 Å². The molecule has 0 amide bonds. The molecule has 6 heteroatoms. The van der Waals surface area contributed by atoms with Gasteiger partial charge in [0, 0.05) is 22.6 Å². The number of sulfone groups is 1. The number of rotatable bonds is 2. The SMILES string of the molecule is CS(=O)(=O)c1ccc(-c2nnc(N)c3ccccc23)cc1. The van der Waals surface area contributed by atoms with E-state index in [-0.39, 0.29) is 4.90 Å². The van der Waals surface area contributed by atoms with Crippen molar-refractivity contribution in [3.8, 4) is 11.3 Å². The summed E-state index contributed by atoms with van der Waals surface area (Å²) in [6, 6.07) is 14.2. The summed E-state index contributed by atoms with van der Waals surface area (Å²) in [7, 11) is -3.21. The van der Waals surface area contributed by atoms with Gasteiger partial charge in [-0.2, -0.15) is 0 Å². The van der Waals surface area contributed by atoms with Crippen molar-refractivity contribution >= 4 is 26.4 Å². The summed E-state index contributed by atoms with van der Waals surface area (Å²) in [6.45, 7) is 0. The number of hydrogen-bond acceptors (Lipinski definition) is 5. The maximum Gasteiger partial charge on any atom is 0.175 e.